The monoisotopic (exact) mass is 1100 g/mol. The standard InChI is InChI=1S/C45H71N13O15S2/c1-22(59)34(54-37(64)26(8-3-4-12-46)50-36(63)25(47)17-33(61)62)40(67)51-27(16-24-18-48-21-49-24)38(65)55-35(23(2)60)41(68)53-29(20-75)42(69)57-14-6-10-31(57)44(71)56-13-5-9-30(56)39(66)52-28(19-74)43(70)58-15-7-11-32(58)45(72)73/h18,21-23,25-32,34-35,59-60,74-75H,3-17,19-20,46-47H2,1-2H3,(H,48,49)(H,50,63)(H,51,67)(H,52,66)(H,53,68)(H,54,64)(H,55,65)(H,61,62)(H,72,73)/t22-,23-,25+,26+,27+,28+,29+,30+,31+,32+,34+,35+/m1/s1. The molecule has 12 atom stereocenters. The van der Waals surface area contributed by atoms with Crippen molar-refractivity contribution in [2.75, 3.05) is 37.7 Å². The lowest BCUT2D eigenvalue weighted by Crippen LogP contribution is -2.63. The van der Waals surface area contributed by atoms with E-state index < -0.39 is 144 Å². The van der Waals surface area contributed by atoms with Gasteiger partial charge < -0.3 is 83.5 Å². The van der Waals surface area contributed by atoms with Gasteiger partial charge in [0.25, 0.3) is 0 Å². The van der Waals surface area contributed by atoms with Gasteiger partial charge in [-0.25, -0.2) is 9.78 Å². The Labute approximate surface area is 443 Å². The third kappa shape index (κ3) is 17.0. The molecule has 4 rings (SSSR count). The molecule has 1 aromatic heterocycles. The number of likely N-dealkylation sites (tertiary alicyclic amines) is 3. The molecular formula is C45H71N13O15S2. The molecule has 1 aromatic rings. The van der Waals surface area contributed by atoms with Crippen LogP contribution in [0.5, 0.6) is 0 Å². The number of imidazole rings is 1. The third-order valence-electron chi connectivity index (χ3n) is 13.1. The van der Waals surface area contributed by atoms with Crippen molar-refractivity contribution in [3.8, 4) is 0 Å². The molecule has 0 spiro atoms. The molecule has 0 bridgehead atoms. The van der Waals surface area contributed by atoms with Crippen LogP contribution in [0, 0.1) is 0 Å². The zero-order chi connectivity index (χ0) is 55.7. The number of carboxylic acid groups (broad SMARTS) is 2. The van der Waals surface area contributed by atoms with Gasteiger partial charge in [-0.1, -0.05) is 0 Å². The summed E-state index contributed by atoms with van der Waals surface area (Å²) >= 11 is 8.52. The number of aromatic amines is 1. The first-order valence-corrected chi connectivity index (χ1v) is 26.0. The van der Waals surface area contributed by atoms with Crippen LogP contribution in [0.3, 0.4) is 0 Å². The summed E-state index contributed by atoms with van der Waals surface area (Å²) in [5.74, 6) is -10.7. The summed E-state index contributed by atoms with van der Waals surface area (Å²) in [6, 6.07) is -13.7. The van der Waals surface area contributed by atoms with Gasteiger partial charge >= 0.3 is 11.9 Å². The second-order valence-corrected chi connectivity index (χ2v) is 19.5. The predicted molar refractivity (Wildman–Crippen MR) is 270 cm³/mol. The largest absolute Gasteiger partial charge is 0.481 e. The Morgan fingerprint density at radius 3 is 1.67 bits per heavy atom. The topological polar surface area (TPSA) is 431 Å². The number of carboxylic acids is 2. The Kier molecular flexibility index (Phi) is 24.0. The Hall–Kier alpha value is -6.08. The average molecular weight is 1100 g/mol. The minimum Gasteiger partial charge on any atom is -0.481 e. The Balaban J connectivity index is 1.45. The Bertz CT molecular complexity index is 2210. The molecule has 28 nitrogen and oxygen atoms in total. The average Bonchev–Trinajstić information content (AvgIpc) is 4.22. The SMILES string of the molecule is C[C@@H](O)[C@H](NC(=O)[C@H](CCCCN)NC(=O)[C@@H](N)CC(=O)O)C(=O)N[C@@H](Cc1cnc[nH]1)C(=O)N[C@H](C(=O)N[C@@H](CS)C(=O)N1CCC[C@H]1C(=O)N1CCC[C@H]1C(=O)N[C@@H](CS)C(=O)N1CCC[C@H]1C(=O)O)[C@@H](C)O. The highest BCUT2D eigenvalue weighted by Crippen LogP contribution is 2.27. The summed E-state index contributed by atoms with van der Waals surface area (Å²) in [5, 5.41) is 54.9. The van der Waals surface area contributed by atoms with Gasteiger partial charge in [-0.05, 0) is 78.2 Å². The molecule has 0 radical (unpaired) electrons. The second-order valence-electron chi connectivity index (χ2n) is 18.7. The number of hydrogen-bond donors (Lipinski definition) is 15. The number of nitrogens with two attached hydrogens (primary N) is 2. The van der Waals surface area contributed by atoms with E-state index in [0.717, 1.165) is 6.92 Å². The van der Waals surface area contributed by atoms with Gasteiger partial charge in [-0.15, -0.1) is 0 Å². The molecule has 0 saturated carbocycles. The van der Waals surface area contributed by atoms with Crippen molar-refractivity contribution in [2.45, 2.75) is 157 Å². The van der Waals surface area contributed by atoms with Crippen molar-refractivity contribution >= 4 is 90.4 Å². The quantitative estimate of drug-likeness (QED) is 0.0275. The summed E-state index contributed by atoms with van der Waals surface area (Å²) in [6.45, 7) is 3.01. The van der Waals surface area contributed by atoms with Gasteiger partial charge in [0.2, 0.25) is 53.2 Å². The number of aliphatic hydroxyl groups excluding tert-OH is 2. The van der Waals surface area contributed by atoms with Crippen LogP contribution in [0.4, 0.5) is 0 Å². The molecule has 4 heterocycles. The highest BCUT2D eigenvalue weighted by Gasteiger charge is 2.45. The molecule has 9 amide bonds. The molecule has 15 N–H and O–H groups in total. The number of nitrogens with one attached hydrogen (secondary N) is 7. The molecule has 3 aliphatic rings. The number of H-pyrrole nitrogens is 1. The second kappa shape index (κ2) is 29.3. The van der Waals surface area contributed by atoms with Crippen LogP contribution in [-0.2, 0) is 59.2 Å². The molecule has 0 unspecified atom stereocenters. The molecule has 418 valence electrons. The van der Waals surface area contributed by atoms with E-state index in [1.165, 1.54) is 34.1 Å². The van der Waals surface area contributed by atoms with E-state index in [1.807, 2.05) is 0 Å². The van der Waals surface area contributed by atoms with Gasteiger partial charge in [0.05, 0.1) is 31.0 Å². The van der Waals surface area contributed by atoms with Crippen molar-refractivity contribution in [3.63, 3.8) is 0 Å². The minimum atomic E-state index is -1.78. The number of amides is 9. The van der Waals surface area contributed by atoms with Crippen molar-refractivity contribution in [3.05, 3.63) is 18.2 Å². The van der Waals surface area contributed by atoms with Gasteiger partial charge in [0.1, 0.15) is 54.4 Å². The number of hydrogen-bond acceptors (Lipinski definition) is 18. The third-order valence-corrected chi connectivity index (χ3v) is 13.9. The van der Waals surface area contributed by atoms with E-state index in [4.69, 9.17) is 16.6 Å². The zero-order valence-electron chi connectivity index (χ0n) is 41.7. The fourth-order valence-corrected chi connectivity index (χ4v) is 9.59. The van der Waals surface area contributed by atoms with E-state index in [0.29, 0.717) is 37.8 Å². The van der Waals surface area contributed by atoms with E-state index in [9.17, 15) is 68.1 Å². The first-order valence-electron chi connectivity index (χ1n) is 24.7. The molecule has 3 saturated heterocycles. The number of rotatable bonds is 28. The molecule has 3 fully saturated rings. The first kappa shape index (κ1) is 61.5. The van der Waals surface area contributed by atoms with Gasteiger partial charge in [-0.2, -0.15) is 25.3 Å². The molecule has 0 aliphatic carbocycles. The van der Waals surface area contributed by atoms with E-state index >= 15 is 0 Å². The summed E-state index contributed by atoms with van der Waals surface area (Å²) < 4.78 is 0. The summed E-state index contributed by atoms with van der Waals surface area (Å²) in [6.07, 6.45) is 1.02. The lowest BCUT2D eigenvalue weighted by atomic mass is 10.0. The Morgan fingerprint density at radius 2 is 1.16 bits per heavy atom. The fourth-order valence-electron chi connectivity index (χ4n) is 9.10. The minimum absolute atomic E-state index is 0.0192. The van der Waals surface area contributed by atoms with Crippen molar-refractivity contribution in [1.29, 1.82) is 0 Å². The maximum absolute atomic E-state index is 14.2. The van der Waals surface area contributed by atoms with Gasteiger partial charge in [0.15, 0.2) is 0 Å². The summed E-state index contributed by atoms with van der Waals surface area (Å²) in [7, 11) is 0. The number of carbonyl (C=O) groups is 11. The predicted octanol–water partition coefficient (Wildman–Crippen LogP) is -5.53. The van der Waals surface area contributed by atoms with Crippen molar-refractivity contribution in [1.82, 2.24) is 56.6 Å². The first-order chi connectivity index (χ1) is 35.5. The number of aromatic nitrogens is 2. The van der Waals surface area contributed by atoms with Gasteiger partial charge in [0, 0.05) is 49.5 Å². The van der Waals surface area contributed by atoms with E-state index in [1.54, 1.807) is 0 Å². The van der Waals surface area contributed by atoms with Crippen LogP contribution < -0.4 is 43.4 Å². The van der Waals surface area contributed by atoms with Crippen LogP contribution in [0.2, 0.25) is 0 Å². The number of carbonyl (C=O) groups excluding carboxylic acids is 9. The van der Waals surface area contributed by atoms with Crippen LogP contribution in [0.15, 0.2) is 12.5 Å². The maximum atomic E-state index is 14.2. The number of aliphatic hydroxyl groups is 2. The molecule has 75 heavy (non-hydrogen) atoms. The number of aliphatic carboxylic acids is 2. The fraction of sp³-hybridized carbons (Fsp3) is 0.689. The Morgan fingerprint density at radius 1 is 0.667 bits per heavy atom. The summed E-state index contributed by atoms with van der Waals surface area (Å²) in [5.41, 5.74) is 11.6. The lowest BCUT2D eigenvalue weighted by molar-refractivity contribution is -0.150. The highest BCUT2D eigenvalue weighted by atomic mass is 32.1. The molecule has 3 aliphatic heterocycles. The highest BCUT2D eigenvalue weighted by molar-refractivity contribution is 7.80. The van der Waals surface area contributed by atoms with Crippen molar-refractivity contribution < 1.29 is 73.2 Å². The normalized spacial score (nSPS) is 21.0. The molecule has 0 aromatic carbocycles. The smallest absolute Gasteiger partial charge is 0.326 e. The van der Waals surface area contributed by atoms with E-state index in [2.05, 4.69) is 67.1 Å². The summed E-state index contributed by atoms with van der Waals surface area (Å²) in [4.78, 5) is 157. The lowest BCUT2D eigenvalue weighted by Gasteiger charge is -2.34. The van der Waals surface area contributed by atoms with Crippen LogP contribution >= 0.6 is 25.3 Å². The van der Waals surface area contributed by atoms with Crippen LogP contribution in [0.25, 0.3) is 0 Å². The maximum Gasteiger partial charge on any atom is 0.326 e. The zero-order valence-corrected chi connectivity index (χ0v) is 43.5. The van der Waals surface area contributed by atoms with Crippen LogP contribution in [0.1, 0.15) is 83.7 Å². The number of nitrogens with zero attached hydrogens (tertiary/aromatic N) is 4. The number of unbranched alkanes of at least 4 members (excludes halogenated alkanes) is 1. The van der Waals surface area contributed by atoms with Crippen LogP contribution in [-0.4, -0.2) is 221 Å². The van der Waals surface area contributed by atoms with E-state index in [-0.39, 0.29) is 69.8 Å². The molecular weight excluding hydrogens is 1030 g/mol. The molecule has 30 heteroatoms. The van der Waals surface area contributed by atoms with Gasteiger partial charge in [-0.3, -0.25) is 47.9 Å². The number of thiol groups is 2. The van der Waals surface area contributed by atoms with Crippen molar-refractivity contribution in [2.24, 2.45) is 11.5 Å².